The molecule has 0 aromatic carbocycles. The second-order valence-corrected chi connectivity index (χ2v) is 6.34. The highest BCUT2D eigenvalue weighted by atomic mass is 16.2. The number of fused-ring (bicyclic) bond motifs is 3. The number of allylic oxidation sites excluding steroid dienone is 1. The minimum atomic E-state index is -0.558. The molecular weight excluding hydrogens is 306 g/mol. The van der Waals surface area contributed by atoms with Crippen LogP contribution < -0.4 is 4.57 Å². The van der Waals surface area contributed by atoms with Crippen molar-refractivity contribution in [3.05, 3.63) is 24.0 Å². The predicted octanol–water partition coefficient (Wildman–Crippen LogP) is 2.11. The normalized spacial score (nSPS) is 21.4. The number of aliphatic imine (C=N–C) groups is 1. The van der Waals surface area contributed by atoms with Crippen LogP contribution in [0.25, 0.3) is 0 Å². The lowest BCUT2D eigenvalue weighted by Crippen LogP contribution is -2.62. The molecule has 1 aromatic heterocycles. The fourth-order valence-corrected chi connectivity index (χ4v) is 3.31. The summed E-state index contributed by atoms with van der Waals surface area (Å²) in [6, 6.07) is -0.608. The van der Waals surface area contributed by atoms with Gasteiger partial charge in [0.05, 0.1) is 6.04 Å². The number of hydrogen-bond donors (Lipinski definition) is 0. The van der Waals surface area contributed by atoms with Gasteiger partial charge in [-0.1, -0.05) is 24.1 Å². The highest BCUT2D eigenvalue weighted by Crippen LogP contribution is 2.31. The number of aryl methyl sites for hydroxylation is 1. The Morgan fingerprint density at radius 2 is 2.12 bits per heavy atom. The molecule has 7 nitrogen and oxygen atoms in total. The Hall–Kier alpha value is -2.44. The summed E-state index contributed by atoms with van der Waals surface area (Å²) in [5.41, 5.74) is 1.06. The van der Waals surface area contributed by atoms with Crippen LogP contribution in [0.15, 0.2) is 23.3 Å². The number of imide groups is 1. The first kappa shape index (κ1) is 16.4. The number of urea groups is 1. The van der Waals surface area contributed by atoms with Crippen LogP contribution in [-0.2, 0) is 4.79 Å². The third-order valence-corrected chi connectivity index (χ3v) is 4.81. The molecule has 0 spiro atoms. The fraction of sp³-hybridized carbons (Fsp3) is 0.529. The third-order valence-electron chi connectivity index (χ3n) is 4.81. The van der Waals surface area contributed by atoms with E-state index in [1.807, 2.05) is 36.8 Å². The summed E-state index contributed by atoms with van der Waals surface area (Å²) in [5.74, 6) is 1.02. The molecule has 0 N–H and O–H groups in total. The van der Waals surface area contributed by atoms with Crippen molar-refractivity contribution in [3.63, 3.8) is 0 Å². The number of imidazole rings is 1. The Bertz CT molecular complexity index is 761. The Kier molecular flexibility index (Phi) is 4.03. The van der Waals surface area contributed by atoms with Gasteiger partial charge in [0, 0.05) is 13.6 Å². The molecule has 2 aliphatic heterocycles. The van der Waals surface area contributed by atoms with Gasteiger partial charge in [0.25, 0.3) is 5.91 Å². The maximum absolute atomic E-state index is 12.9. The molecule has 2 unspecified atom stereocenters. The topological polar surface area (TPSA) is 61.8 Å². The summed E-state index contributed by atoms with van der Waals surface area (Å²) < 4.78 is 4.03. The van der Waals surface area contributed by atoms with Crippen molar-refractivity contribution < 1.29 is 14.2 Å². The number of carbonyl (C=O) groups is 2. The predicted molar refractivity (Wildman–Crippen MR) is 90.2 cm³/mol. The number of nitrogens with zero attached hydrogens (tertiary/aromatic N) is 5. The van der Waals surface area contributed by atoms with E-state index < -0.39 is 6.04 Å². The van der Waals surface area contributed by atoms with Gasteiger partial charge in [-0.3, -0.25) is 14.6 Å². The average Bonchev–Trinajstić information content (AvgIpc) is 3.06. The van der Waals surface area contributed by atoms with Crippen molar-refractivity contribution in [3.8, 4) is 0 Å². The van der Waals surface area contributed by atoms with Crippen molar-refractivity contribution >= 4 is 23.7 Å². The fourth-order valence-electron chi connectivity index (χ4n) is 3.31. The van der Waals surface area contributed by atoms with E-state index in [1.54, 1.807) is 7.05 Å². The molecule has 24 heavy (non-hydrogen) atoms. The lowest BCUT2D eigenvalue weighted by Gasteiger charge is -2.32. The number of likely N-dealkylation sites (N-methyl/N-ethyl adjacent to an activating group) is 1. The molecule has 3 amide bonds. The highest BCUT2D eigenvalue weighted by molar-refractivity contribution is 6.19. The van der Waals surface area contributed by atoms with E-state index >= 15 is 0 Å². The van der Waals surface area contributed by atoms with E-state index in [2.05, 4.69) is 23.4 Å². The third kappa shape index (κ3) is 2.18. The van der Waals surface area contributed by atoms with Gasteiger partial charge in [-0.2, -0.15) is 0 Å². The monoisotopic (exact) mass is 330 g/mol. The molecule has 3 heterocycles. The second-order valence-electron chi connectivity index (χ2n) is 6.34. The molecule has 1 fully saturated rings. The average molecular weight is 330 g/mol. The summed E-state index contributed by atoms with van der Waals surface area (Å²) in [7, 11) is 1.68. The van der Waals surface area contributed by atoms with E-state index in [0.717, 1.165) is 18.1 Å². The van der Waals surface area contributed by atoms with Gasteiger partial charge < -0.3 is 0 Å². The van der Waals surface area contributed by atoms with Crippen molar-refractivity contribution in [1.29, 1.82) is 0 Å². The maximum Gasteiger partial charge on any atom is 0.402 e. The molecular formula is C17H24N5O2+. The SMILES string of the molecule is C/C=C/CN1C(=O)C2C(=Nc3n(C(C)CC)c(C)c[n+]32)N(C)C1=O. The molecule has 0 aliphatic carbocycles. The van der Waals surface area contributed by atoms with Crippen molar-refractivity contribution in [1.82, 2.24) is 14.4 Å². The van der Waals surface area contributed by atoms with Crippen LogP contribution in [0, 0.1) is 6.92 Å². The first-order valence-corrected chi connectivity index (χ1v) is 8.34. The highest BCUT2D eigenvalue weighted by Gasteiger charge is 2.53. The van der Waals surface area contributed by atoms with Gasteiger partial charge >= 0.3 is 12.0 Å². The van der Waals surface area contributed by atoms with Gasteiger partial charge in [-0.25, -0.2) is 13.9 Å². The molecule has 0 bridgehead atoms. The number of hydrogen-bond acceptors (Lipinski definition) is 3. The number of rotatable bonds is 4. The molecule has 1 saturated heterocycles. The minimum Gasteiger partial charge on any atom is -0.270 e. The number of carbonyl (C=O) groups excluding carboxylic acids is 2. The van der Waals surface area contributed by atoms with E-state index in [0.29, 0.717) is 5.84 Å². The first-order chi connectivity index (χ1) is 11.4. The molecule has 1 aromatic rings. The second kappa shape index (κ2) is 5.89. The quantitative estimate of drug-likeness (QED) is 0.627. The van der Waals surface area contributed by atoms with Crippen molar-refractivity contribution in [2.24, 2.45) is 4.99 Å². The van der Waals surface area contributed by atoms with Gasteiger partial charge in [0.2, 0.25) is 11.9 Å². The summed E-state index contributed by atoms with van der Waals surface area (Å²) in [5, 5.41) is 0. The van der Waals surface area contributed by atoms with Crippen LogP contribution in [0.5, 0.6) is 0 Å². The standard InChI is InChI=1S/C17H24N5O2/c1-6-8-9-20-15(23)13-14(19(5)17(20)24)18-16-21(13)10-12(4)22(16)11(3)7-2/h6,8,10-11,13H,7,9H2,1-5H3/q+1/b8-6+. The Morgan fingerprint density at radius 1 is 1.42 bits per heavy atom. The molecule has 2 aliphatic rings. The molecule has 2 atom stereocenters. The number of amides is 3. The van der Waals surface area contributed by atoms with Gasteiger partial charge in [-0.05, 0) is 27.2 Å². The van der Waals surface area contributed by atoms with Crippen LogP contribution in [0.3, 0.4) is 0 Å². The number of aromatic nitrogens is 2. The summed E-state index contributed by atoms with van der Waals surface area (Å²) >= 11 is 0. The summed E-state index contributed by atoms with van der Waals surface area (Å²) in [4.78, 5) is 32.8. The Labute approximate surface area is 141 Å². The number of amidine groups is 1. The molecule has 0 saturated carbocycles. The summed E-state index contributed by atoms with van der Waals surface area (Å²) in [6.45, 7) is 8.42. The van der Waals surface area contributed by atoms with Crippen LogP contribution in [0.1, 0.15) is 45.0 Å². The molecule has 3 rings (SSSR count). The zero-order valence-electron chi connectivity index (χ0n) is 14.9. The van der Waals surface area contributed by atoms with E-state index in [-0.39, 0.29) is 24.5 Å². The zero-order chi connectivity index (χ0) is 17.6. The Morgan fingerprint density at radius 3 is 2.75 bits per heavy atom. The van der Waals surface area contributed by atoms with Crippen LogP contribution in [0.2, 0.25) is 0 Å². The lowest BCUT2D eigenvalue weighted by atomic mass is 10.1. The minimum absolute atomic E-state index is 0.222. The summed E-state index contributed by atoms with van der Waals surface area (Å²) in [6.07, 6.45) is 6.56. The maximum atomic E-state index is 12.9. The van der Waals surface area contributed by atoms with Gasteiger partial charge in [-0.15, -0.1) is 0 Å². The Balaban J connectivity index is 2.08. The van der Waals surface area contributed by atoms with E-state index in [1.165, 1.54) is 9.80 Å². The van der Waals surface area contributed by atoms with E-state index in [4.69, 9.17) is 0 Å². The molecule has 128 valence electrons. The van der Waals surface area contributed by atoms with Crippen molar-refractivity contribution in [2.75, 3.05) is 13.6 Å². The van der Waals surface area contributed by atoms with Gasteiger partial charge in [0.1, 0.15) is 11.9 Å². The van der Waals surface area contributed by atoms with Crippen LogP contribution in [0.4, 0.5) is 10.7 Å². The van der Waals surface area contributed by atoms with Crippen LogP contribution in [-0.4, -0.2) is 45.7 Å². The first-order valence-electron chi connectivity index (χ1n) is 8.34. The molecule has 7 heteroatoms. The van der Waals surface area contributed by atoms with Crippen LogP contribution >= 0.6 is 0 Å². The molecule has 0 radical (unpaired) electrons. The van der Waals surface area contributed by atoms with E-state index in [9.17, 15) is 9.59 Å². The smallest absolute Gasteiger partial charge is 0.270 e. The van der Waals surface area contributed by atoms with Gasteiger partial charge in [0.15, 0.2) is 0 Å². The lowest BCUT2D eigenvalue weighted by molar-refractivity contribution is -0.677. The largest absolute Gasteiger partial charge is 0.402 e. The van der Waals surface area contributed by atoms with Crippen molar-refractivity contribution in [2.45, 2.75) is 46.2 Å². The zero-order valence-corrected chi connectivity index (χ0v) is 14.9.